The summed E-state index contributed by atoms with van der Waals surface area (Å²) in [7, 11) is -3.59. The minimum Gasteiger partial charge on any atom is -0.491 e. The molecule has 0 spiro atoms. The van der Waals surface area contributed by atoms with Gasteiger partial charge in [-0.2, -0.15) is 0 Å². The van der Waals surface area contributed by atoms with Crippen molar-refractivity contribution in [3.63, 3.8) is 0 Å². The number of para-hydroxylation sites is 1. The molecule has 0 radical (unpaired) electrons. The number of nitrogens with zero attached hydrogens (tertiary/aromatic N) is 1. The first-order valence-electron chi connectivity index (χ1n) is 11.2. The van der Waals surface area contributed by atoms with Crippen LogP contribution in [0.2, 0.25) is 0 Å². The number of rotatable bonds is 7. The monoisotopic (exact) mass is 474 g/mol. The van der Waals surface area contributed by atoms with E-state index in [0.29, 0.717) is 24.0 Å². The van der Waals surface area contributed by atoms with Crippen LogP contribution < -0.4 is 19.1 Å². The molecule has 2 aromatic carbocycles. The number of benzene rings is 2. The van der Waals surface area contributed by atoms with Crippen LogP contribution in [0.25, 0.3) is 0 Å². The van der Waals surface area contributed by atoms with Crippen molar-refractivity contribution in [2.45, 2.75) is 52.1 Å². The molecule has 180 valence electrons. The van der Waals surface area contributed by atoms with E-state index in [4.69, 9.17) is 9.47 Å². The summed E-state index contributed by atoms with van der Waals surface area (Å²) in [5, 5.41) is 2.80. The summed E-state index contributed by atoms with van der Waals surface area (Å²) < 4.78 is 38.0. The van der Waals surface area contributed by atoms with Gasteiger partial charge in [-0.1, -0.05) is 58.9 Å². The van der Waals surface area contributed by atoms with Crippen LogP contribution in [0, 0.1) is 0 Å². The van der Waals surface area contributed by atoms with Crippen molar-refractivity contribution in [3.8, 4) is 11.5 Å². The van der Waals surface area contributed by atoms with E-state index in [0.717, 1.165) is 23.1 Å². The largest absolute Gasteiger partial charge is 0.491 e. The van der Waals surface area contributed by atoms with Crippen LogP contribution in [0.1, 0.15) is 51.7 Å². The van der Waals surface area contributed by atoms with Crippen molar-refractivity contribution < 1.29 is 22.7 Å². The molecule has 0 aliphatic carbocycles. The molecule has 7 nitrogen and oxygen atoms in total. The molecule has 0 bridgehead atoms. The van der Waals surface area contributed by atoms with Gasteiger partial charge in [0.1, 0.15) is 18.1 Å². The van der Waals surface area contributed by atoms with Crippen LogP contribution in [-0.4, -0.2) is 46.4 Å². The lowest BCUT2D eigenvalue weighted by Gasteiger charge is -2.35. The number of hydrogen-bond acceptors (Lipinski definition) is 5. The number of nitrogens with one attached hydrogen (secondary N) is 1. The standard InChI is InChI=1S/C25H34N2O5S/c1-17(2)19-9-7-8-10-21(19)31-14-13-26-24(28)23-16-27(33(6,29)30)20-15-18(25(3,4)5)11-12-22(20)32-23/h7-12,15,17,23H,13-14,16H2,1-6H3,(H,26,28)/t23-/m1/s1. The molecule has 33 heavy (non-hydrogen) atoms. The maximum atomic E-state index is 12.8. The fraction of sp³-hybridized carbons (Fsp3) is 0.480. The quantitative estimate of drug-likeness (QED) is 0.617. The highest BCUT2D eigenvalue weighted by molar-refractivity contribution is 7.92. The highest BCUT2D eigenvalue weighted by Gasteiger charge is 2.35. The lowest BCUT2D eigenvalue weighted by atomic mass is 9.86. The summed E-state index contributed by atoms with van der Waals surface area (Å²) in [5.41, 5.74) is 2.40. The Bertz CT molecular complexity index is 1110. The minimum absolute atomic E-state index is 0.0810. The fourth-order valence-corrected chi connectivity index (χ4v) is 4.61. The summed E-state index contributed by atoms with van der Waals surface area (Å²) in [4.78, 5) is 12.8. The average Bonchev–Trinajstić information content (AvgIpc) is 2.74. The second-order valence-electron chi connectivity index (χ2n) is 9.67. The van der Waals surface area contributed by atoms with Gasteiger partial charge in [0, 0.05) is 0 Å². The molecule has 0 unspecified atom stereocenters. The van der Waals surface area contributed by atoms with Gasteiger partial charge in [-0.25, -0.2) is 8.42 Å². The molecule has 0 aromatic heterocycles. The molecular formula is C25H34N2O5S. The molecule has 2 aromatic rings. The topological polar surface area (TPSA) is 84.9 Å². The van der Waals surface area contributed by atoms with Crippen molar-refractivity contribution in [1.82, 2.24) is 5.32 Å². The number of anilines is 1. The van der Waals surface area contributed by atoms with E-state index in [9.17, 15) is 13.2 Å². The molecule has 1 aliphatic heterocycles. The van der Waals surface area contributed by atoms with Gasteiger partial charge in [0.2, 0.25) is 10.0 Å². The molecule has 0 saturated heterocycles. The summed E-state index contributed by atoms with van der Waals surface area (Å²) in [6, 6.07) is 13.3. The molecule has 8 heteroatoms. The van der Waals surface area contributed by atoms with Gasteiger partial charge in [0.25, 0.3) is 5.91 Å². The zero-order valence-corrected chi connectivity index (χ0v) is 21.0. The van der Waals surface area contributed by atoms with Crippen molar-refractivity contribution in [2.24, 2.45) is 0 Å². The van der Waals surface area contributed by atoms with Crippen LogP contribution in [0.4, 0.5) is 5.69 Å². The predicted octanol–water partition coefficient (Wildman–Crippen LogP) is 3.83. The zero-order valence-electron chi connectivity index (χ0n) is 20.2. The van der Waals surface area contributed by atoms with Crippen LogP contribution in [0.3, 0.4) is 0 Å². The van der Waals surface area contributed by atoms with Gasteiger partial charge in [0.05, 0.1) is 25.0 Å². The van der Waals surface area contributed by atoms with Gasteiger partial charge in [-0.15, -0.1) is 0 Å². The SMILES string of the molecule is CC(C)c1ccccc1OCCNC(=O)[C@H]1CN(S(C)(=O)=O)c2cc(C(C)(C)C)ccc2O1. The molecule has 3 rings (SSSR count). The highest BCUT2D eigenvalue weighted by Crippen LogP contribution is 2.38. The Morgan fingerprint density at radius 1 is 1.21 bits per heavy atom. The number of hydrogen-bond donors (Lipinski definition) is 1. The van der Waals surface area contributed by atoms with Gasteiger partial charge in [-0.05, 0) is 40.7 Å². The third-order valence-electron chi connectivity index (χ3n) is 5.59. The van der Waals surface area contributed by atoms with Gasteiger partial charge in [-0.3, -0.25) is 9.10 Å². The average molecular weight is 475 g/mol. The Hall–Kier alpha value is -2.74. The van der Waals surface area contributed by atoms with E-state index < -0.39 is 16.1 Å². The van der Waals surface area contributed by atoms with Crippen LogP contribution in [0.15, 0.2) is 42.5 Å². The molecule has 0 saturated carbocycles. The molecule has 0 fully saturated rings. The predicted molar refractivity (Wildman–Crippen MR) is 131 cm³/mol. The molecule has 1 aliphatic rings. The van der Waals surface area contributed by atoms with Crippen molar-refractivity contribution in [3.05, 3.63) is 53.6 Å². The van der Waals surface area contributed by atoms with Gasteiger partial charge >= 0.3 is 0 Å². The van der Waals surface area contributed by atoms with Gasteiger partial charge in [0.15, 0.2) is 6.10 Å². The second kappa shape index (κ2) is 9.63. The third-order valence-corrected chi connectivity index (χ3v) is 6.73. The maximum Gasteiger partial charge on any atom is 0.263 e. The van der Waals surface area contributed by atoms with E-state index in [1.807, 2.05) is 36.4 Å². The molecule has 1 atom stereocenters. The first-order valence-corrected chi connectivity index (χ1v) is 13.0. The van der Waals surface area contributed by atoms with E-state index in [2.05, 4.69) is 39.9 Å². The molecule has 1 heterocycles. The normalized spacial score (nSPS) is 16.2. The van der Waals surface area contributed by atoms with Crippen molar-refractivity contribution in [1.29, 1.82) is 0 Å². The van der Waals surface area contributed by atoms with E-state index in [1.54, 1.807) is 6.07 Å². The maximum absolute atomic E-state index is 12.8. The fourth-order valence-electron chi connectivity index (χ4n) is 3.71. The molecular weight excluding hydrogens is 440 g/mol. The van der Waals surface area contributed by atoms with E-state index in [1.165, 1.54) is 4.31 Å². The van der Waals surface area contributed by atoms with Crippen LogP contribution in [-0.2, 0) is 20.2 Å². The molecule has 1 amide bonds. The number of amides is 1. The summed E-state index contributed by atoms with van der Waals surface area (Å²) in [6.45, 7) is 10.9. The summed E-state index contributed by atoms with van der Waals surface area (Å²) in [5.74, 6) is 1.12. The number of fused-ring (bicyclic) bond motifs is 1. The number of sulfonamides is 1. The Labute approximate surface area is 197 Å². The van der Waals surface area contributed by atoms with Crippen molar-refractivity contribution in [2.75, 3.05) is 30.3 Å². The Balaban J connectivity index is 1.67. The Kier molecular flexibility index (Phi) is 7.26. The first kappa shape index (κ1) is 24.9. The summed E-state index contributed by atoms with van der Waals surface area (Å²) in [6.07, 6.45) is 0.191. The lowest BCUT2D eigenvalue weighted by molar-refractivity contribution is -0.127. The Morgan fingerprint density at radius 2 is 1.91 bits per heavy atom. The Morgan fingerprint density at radius 3 is 2.55 bits per heavy atom. The zero-order chi connectivity index (χ0) is 24.4. The molecule has 1 N–H and O–H groups in total. The highest BCUT2D eigenvalue weighted by atomic mass is 32.2. The minimum atomic E-state index is -3.59. The second-order valence-corrected chi connectivity index (χ2v) is 11.6. The number of carbonyl (C=O) groups excluding carboxylic acids is 1. The first-order chi connectivity index (χ1) is 15.4. The van der Waals surface area contributed by atoms with E-state index >= 15 is 0 Å². The van der Waals surface area contributed by atoms with Crippen molar-refractivity contribution >= 4 is 21.6 Å². The van der Waals surface area contributed by atoms with Crippen LogP contribution >= 0.6 is 0 Å². The summed E-state index contributed by atoms with van der Waals surface area (Å²) >= 11 is 0. The van der Waals surface area contributed by atoms with Gasteiger partial charge < -0.3 is 14.8 Å². The number of carbonyl (C=O) groups is 1. The smallest absolute Gasteiger partial charge is 0.263 e. The van der Waals surface area contributed by atoms with Crippen LogP contribution in [0.5, 0.6) is 11.5 Å². The third kappa shape index (κ3) is 5.99. The number of ether oxygens (including phenoxy) is 2. The lowest BCUT2D eigenvalue weighted by Crippen LogP contribution is -2.51. The van der Waals surface area contributed by atoms with E-state index in [-0.39, 0.29) is 24.4 Å².